The van der Waals surface area contributed by atoms with Crippen molar-refractivity contribution in [1.29, 1.82) is 0 Å². The molecule has 0 aliphatic rings. The highest BCUT2D eigenvalue weighted by Crippen LogP contribution is 2.41. The first-order chi connectivity index (χ1) is 30.7. The van der Waals surface area contributed by atoms with Crippen molar-refractivity contribution in [1.82, 2.24) is 0 Å². The van der Waals surface area contributed by atoms with E-state index in [2.05, 4.69) is 265 Å². The summed E-state index contributed by atoms with van der Waals surface area (Å²) in [4.78, 5) is 4.71. The SMILES string of the molecule is c1ccc(-c2ccc3ccc(N(c4ccccc4)c4ccc(-c5ccc6ccc(N(c7ccccc7)c7ccc8ccc(-c9ccccc9)cc8c7)cc6c5)cc4)cc3c2)cc1. The zero-order valence-electron chi connectivity index (χ0n) is 34.1. The molecular weight excluding hydrogens is 749 g/mol. The lowest BCUT2D eigenvalue weighted by atomic mass is 9.99. The highest BCUT2D eigenvalue weighted by molar-refractivity contribution is 5.96. The average Bonchev–Trinajstić information content (AvgIpc) is 3.35. The van der Waals surface area contributed by atoms with Crippen LogP contribution in [-0.4, -0.2) is 0 Å². The summed E-state index contributed by atoms with van der Waals surface area (Å²) < 4.78 is 0. The lowest BCUT2D eigenvalue weighted by molar-refractivity contribution is 1.29. The van der Waals surface area contributed by atoms with Crippen LogP contribution in [0.1, 0.15) is 0 Å². The molecule has 0 fully saturated rings. The molecule has 11 rings (SSSR count). The number of anilines is 6. The van der Waals surface area contributed by atoms with Crippen LogP contribution < -0.4 is 9.80 Å². The topological polar surface area (TPSA) is 6.48 Å². The van der Waals surface area contributed by atoms with E-state index in [9.17, 15) is 0 Å². The van der Waals surface area contributed by atoms with Crippen LogP contribution in [0, 0.1) is 0 Å². The highest BCUT2D eigenvalue weighted by Gasteiger charge is 2.16. The van der Waals surface area contributed by atoms with Crippen molar-refractivity contribution >= 4 is 66.4 Å². The largest absolute Gasteiger partial charge is 0.310 e. The fourth-order valence-corrected chi connectivity index (χ4v) is 8.77. The van der Waals surface area contributed by atoms with Crippen LogP contribution in [0.5, 0.6) is 0 Å². The molecule has 0 saturated carbocycles. The molecule has 0 aliphatic heterocycles. The third-order valence-corrected chi connectivity index (χ3v) is 11.9. The summed E-state index contributed by atoms with van der Waals surface area (Å²) in [5.74, 6) is 0. The van der Waals surface area contributed by atoms with Crippen molar-refractivity contribution in [3.63, 3.8) is 0 Å². The molecule has 0 amide bonds. The Morgan fingerprint density at radius 2 is 0.419 bits per heavy atom. The van der Waals surface area contributed by atoms with E-state index in [4.69, 9.17) is 0 Å². The highest BCUT2D eigenvalue weighted by atomic mass is 15.1. The molecule has 0 N–H and O–H groups in total. The summed E-state index contributed by atoms with van der Waals surface area (Å²) in [6.07, 6.45) is 0. The smallest absolute Gasteiger partial charge is 0.0468 e. The molecule has 11 aromatic carbocycles. The third-order valence-electron chi connectivity index (χ3n) is 11.9. The van der Waals surface area contributed by atoms with Crippen molar-refractivity contribution in [3.05, 3.63) is 255 Å². The molecule has 0 saturated heterocycles. The van der Waals surface area contributed by atoms with E-state index >= 15 is 0 Å². The minimum atomic E-state index is 1.10. The van der Waals surface area contributed by atoms with Crippen molar-refractivity contribution in [2.45, 2.75) is 0 Å². The molecule has 0 heterocycles. The Hall–Kier alpha value is -8.20. The van der Waals surface area contributed by atoms with Crippen molar-refractivity contribution in [2.24, 2.45) is 0 Å². The predicted octanol–water partition coefficient (Wildman–Crippen LogP) is 17.1. The molecule has 2 nitrogen and oxygen atoms in total. The zero-order valence-corrected chi connectivity index (χ0v) is 34.1. The molecule has 0 aromatic heterocycles. The van der Waals surface area contributed by atoms with Gasteiger partial charge in [0.2, 0.25) is 0 Å². The Morgan fingerprint density at radius 1 is 0.161 bits per heavy atom. The van der Waals surface area contributed by atoms with Crippen LogP contribution >= 0.6 is 0 Å². The van der Waals surface area contributed by atoms with Gasteiger partial charge < -0.3 is 9.80 Å². The molecule has 0 aliphatic carbocycles. The van der Waals surface area contributed by atoms with Crippen molar-refractivity contribution in [3.8, 4) is 33.4 Å². The minimum Gasteiger partial charge on any atom is -0.310 e. The van der Waals surface area contributed by atoms with Gasteiger partial charge in [0.1, 0.15) is 0 Å². The van der Waals surface area contributed by atoms with Gasteiger partial charge in [0.15, 0.2) is 0 Å². The molecule has 0 spiro atoms. The summed E-state index contributed by atoms with van der Waals surface area (Å²) in [5.41, 5.74) is 13.9. The Labute approximate surface area is 362 Å². The van der Waals surface area contributed by atoms with Gasteiger partial charge in [-0.15, -0.1) is 0 Å². The summed E-state index contributed by atoms with van der Waals surface area (Å²) in [5, 5.41) is 7.25. The van der Waals surface area contributed by atoms with E-state index in [0.29, 0.717) is 0 Å². The maximum absolute atomic E-state index is 2.36. The number of hydrogen-bond acceptors (Lipinski definition) is 2. The van der Waals surface area contributed by atoms with Gasteiger partial charge in [0, 0.05) is 34.1 Å². The zero-order chi connectivity index (χ0) is 41.2. The molecule has 0 radical (unpaired) electrons. The summed E-state index contributed by atoms with van der Waals surface area (Å²) in [7, 11) is 0. The first kappa shape index (κ1) is 36.8. The maximum atomic E-state index is 2.36. The van der Waals surface area contributed by atoms with Crippen LogP contribution in [0.3, 0.4) is 0 Å². The number of hydrogen-bond donors (Lipinski definition) is 0. The van der Waals surface area contributed by atoms with Gasteiger partial charge >= 0.3 is 0 Å². The van der Waals surface area contributed by atoms with E-state index in [0.717, 1.165) is 34.1 Å². The fourth-order valence-electron chi connectivity index (χ4n) is 8.77. The van der Waals surface area contributed by atoms with Gasteiger partial charge in [-0.1, -0.05) is 164 Å². The quantitative estimate of drug-likeness (QED) is 0.144. The van der Waals surface area contributed by atoms with Gasteiger partial charge in [-0.2, -0.15) is 0 Å². The van der Waals surface area contributed by atoms with Crippen LogP contribution in [-0.2, 0) is 0 Å². The first-order valence-corrected chi connectivity index (χ1v) is 21.2. The lowest BCUT2D eigenvalue weighted by Crippen LogP contribution is -2.09. The first-order valence-electron chi connectivity index (χ1n) is 21.2. The Bertz CT molecular complexity index is 3330. The Morgan fingerprint density at radius 3 is 0.790 bits per heavy atom. The van der Waals surface area contributed by atoms with Gasteiger partial charge in [0.05, 0.1) is 0 Å². The second-order valence-electron chi connectivity index (χ2n) is 15.9. The molecule has 0 bridgehead atoms. The van der Waals surface area contributed by atoms with Gasteiger partial charge in [-0.25, -0.2) is 0 Å². The van der Waals surface area contributed by atoms with Gasteiger partial charge in [-0.3, -0.25) is 0 Å². The van der Waals surface area contributed by atoms with Crippen LogP contribution in [0.2, 0.25) is 0 Å². The fraction of sp³-hybridized carbons (Fsp3) is 0. The average molecular weight is 791 g/mol. The Balaban J connectivity index is 0.942. The monoisotopic (exact) mass is 790 g/mol. The lowest BCUT2D eigenvalue weighted by Gasteiger charge is -2.26. The second kappa shape index (κ2) is 16.1. The second-order valence-corrected chi connectivity index (χ2v) is 15.9. The van der Waals surface area contributed by atoms with E-state index in [1.165, 1.54) is 65.7 Å². The summed E-state index contributed by atoms with van der Waals surface area (Å²) in [6.45, 7) is 0. The van der Waals surface area contributed by atoms with Crippen LogP contribution in [0.4, 0.5) is 34.1 Å². The van der Waals surface area contributed by atoms with Crippen molar-refractivity contribution in [2.75, 3.05) is 9.80 Å². The molecular formula is C60H42N2. The molecule has 0 unspecified atom stereocenters. The van der Waals surface area contributed by atoms with Crippen molar-refractivity contribution < 1.29 is 0 Å². The third kappa shape index (κ3) is 7.25. The number of nitrogens with zero attached hydrogens (tertiary/aromatic N) is 2. The van der Waals surface area contributed by atoms with E-state index in [1.54, 1.807) is 0 Å². The molecule has 11 aromatic rings. The maximum Gasteiger partial charge on any atom is 0.0468 e. The number of rotatable bonds is 9. The molecule has 62 heavy (non-hydrogen) atoms. The van der Waals surface area contributed by atoms with Gasteiger partial charge in [-0.05, 0) is 157 Å². The predicted molar refractivity (Wildman–Crippen MR) is 265 cm³/mol. The van der Waals surface area contributed by atoms with Crippen LogP contribution in [0.15, 0.2) is 255 Å². The molecule has 2 heteroatoms. The number of para-hydroxylation sites is 2. The Kier molecular flexibility index (Phi) is 9.57. The molecule has 0 atom stereocenters. The molecule has 292 valence electrons. The summed E-state index contributed by atoms with van der Waals surface area (Å²) in [6, 6.07) is 92.2. The standard InChI is InChI=1S/C60H42N2/c1-5-13-43(14-6-1)49-24-21-46-29-34-58(40-52(46)37-49)61(55-17-9-3-10-18-55)57-32-27-45(28-33-57)51-26-23-48-31-36-60(42-54(48)39-51)62(56-19-11-4-12-20-56)59-35-30-47-22-25-50(38-53(47)41-59)44-15-7-2-8-16-44/h1-42H. The number of fused-ring (bicyclic) bond motifs is 3. The minimum absolute atomic E-state index is 1.10. The normalized spacial score (nSPS) is 11.2. The van der Waals surface area contributed by atoms with Crippen LogP contribution in [0.25, 0.3) is 65.7 Å². The van der Waals surface area contributed by atoms with E-state index in [1.807, 2.05) is 0 Å². The van der Waals surface area contributed by atoms with Gasteiger partial charge in [0.25, 0.3) is 0 Å². The van der Waals surface area contributed by atoms with E-state index < -0.39 is 0 Å². The summed E-state index contributed by atoms with van der Waals surface area (Å²) >= 11 is 0. The van der Waals surface area contributed by atoms with E-state index in [-0.39, 0.29) is 0 Å². The number of benzene rings is 11.